The molecule has 6 heteroatoms. The highest BCUT2D eigenvalue weighted by Crippen LogP contribution is 2.31. The van der Waals surface area contributed by atoms with Crippen molar-refractivity contribution in [3.05, 3.63) is 40.3 Å². The number of benzene rings is 1. The summed E-state index contributed by atoms with van der Waals surface area (Å²) in [4.78, 5) is 19.6. The molecule has 1 amide bonds. The molecule has 1 aliphatic rings. The van der Waals surface area contributed by atoms with E-state index in [1.54, 1.807) is 17.5 Å². The van der Waals surface area contributed by atoms with Crippen LogP contribution in [0.2, 0.25) is 0 Å². The monoisotopic (exact) mass is 346 g/mol. The van der Waals surface area contributed by atoms with E-state index in [4.69, 9.17) is 9.47 Å². The number of rotatable bonds is 3. The number of nitrogens with zero attached hydrogens (tertiary/aromatic N) is 2. The van der Waals surface area contributed by atoms with Crippen LogP contribution < -0.4 is 9.47 Å². The van der Waals surface area contributed by atoms with Crippen LogP contribution in [0.4, 0.5) is 0 Å². The molecule has 1 aromatic carbocycles. The zero-order valence-corrected chi connectivity index (χ0v) is 15.2. The zero-order chi connectivity index (χ0) is 17.3. The van der Waals surface area contributed by atoms with Gasteiger partial charge in [-0.05, 0) is 12.1 Å². The molecule has 128 valence electrons. The van der Waals surface area contributed by atoms with Gasteiger partial charge in [0.2, 0.25) is 0 Å². The van der Waals surface area contributed by atoms with Crippen LogP contribution in [0.25, 0.3) is 0 Å². The Morgan fingerprint density at radius 1 is 1.33 bits per heavy atom. The average Bonchev–Trinajstić information content (AvgIpc) is 3.04. The van der Waals surface area contributed by atoms with E-state index in [0.29, 0.717) is 18.0 Å². The minimum atomic E-state index is -0.181. The molecule has 0 fully saturated rings. The molecule has 1 aromatic heterocycles. The molecule has 0 aliphatic carbocycles. The van der Waals surface area contributed by atoms with Gasteiger partial charge < -0.3 is 14.4 Å². The first-order valence-electron chi connectivity index (χ1n) is 7.94. The van der Waals surface area contributed by atoms with Crippen molar-refractivity contribution >= 4 is 17.2 Å². The predicted octanol–water partition coefficient (Wildman–Crippen LogP) is 3.35. The minimum Gasteiger partial charge on any atom is -0.486 e. The molecule has 2 heterocycles. The first kappa shape index (κ1) is 16.8. The number of likely N-dealkylation sites (N-methyl/N-ethyl adjacent to an activating group) is 1. The fourth-order valence-corrected chi connectivity index (χ4v) is 3.64. The molecule has 0 bridgehead atoms. The Balaban J connectivity index is 1.69. The average molecular weight is 346 g/mol. The second-order valence-electron chi connectivity index (χ2n) is 6.96. The fraction of sp³-hybridized carbons (Fsp3) is 0.444. The van der Waals surface area contributed by atoms with E-state index in [2.05, 4.69) is 25.8 Å². The highest BCUT2D eigenvalue weighted by atomic mass is 32.1. The third kappa shape index (κ3) is 3.38. The zero-order valence-electron chi connectivity index (χ0n) is 14.4. The minimum absolute atomic E-state index is 0.0233. The van der Waals surface area contributed by atoms with E-state index in [1.807, 2.05) is 24.3 Å². The van der Waals surface area contributed by atoms with Crippen molar-refractivity contribution in [1.29, 1.82) is 0 Å². The number of ether oxygens (including phenoxy) is 2. The van der Waals surface area contributed by atoms with Crippen LogP contribution in [0, 0.1) is 0 Å². The van der Waals surface area contributed by atoms with Gasteiger partial charge in [-0.25, -0.2) is 4.98 Å². The summed E-state index contributed by atoms with van der Waals surface area (Å²) in [6, 6.07) is 7.58. The van der Waals surface area contributed by atoms with Crippen LogP contribution >= 0.6 is 11.3 Å². The summed E-state index contributed by atoms with van der Waals surface area (Å²) in [6.45, 7) is 7.09. The van der Waals surface area contributed by atoms with Crippen molar-refractivity contribution in [2.45, 2.75) is 32.3 Å². The smallest absolute Gasteiger partial charge is 0.265 e. The maximum Gasteiger partial charge on any atom is 0.265 e. The van der Waals surface area contributed by atoms with Gasteiger partial charge in [0.05, 0.1) is 17.7 Å². The number of carbonyl (C=O) groups is 1. The number of fused-ring (bicyclic) bond motifs is 1. The molecule has 5 nitrogen and oxygen atoms in total. The Morgan fingerprint density at radius 3 is 2.75 bits per heavy atom. The van der Waals surface area contributed by atoms with Gasteiger partial charge in [0.1, 0.15) is 11.5 Å². The topological polar surface area (TPSA) is 51.7 Å². The normalized spacial score (nSPS) is 16.8. The molecule has 3 rings (SSSR count). The van der Waals surface area contributed by atoms with Gasteiger partial charge in [-0.15, -0.1) is 11.3 Å². The largest absolute Gasteiger partial charge is 0.486 e. The third-order valence-corrected chi connectivity index (χ3v) is 4.68. The third-order valence-electron chi connectivity index (χ3n) is 3.86. The SMILES string of the molecule is CN(CC1COc2ccccc2O1)C(=O)c1scnc1C(C)(C)C. The van der Waals surface area contributed by atoms with Gasteiger partial charge >= 0.3 is 0 Å². The van der Waals surface area contributed by atoms with Gasteiger partial charge in [-0.3, -0.25) is 4.79 Å². The van der Waals surface area contributed by atoms with Crippen LogP contribution in [0.15, 0.2) is 29.8 Å². The Morgan fingerprint density at radius 2 is 2.04 bits per heavy atom. The highest BCUT2D eigenvalue weighted by molar-refractivity contribution is 7.11. The molecule has 0 spiro atoms. The van der Waals surface area contributed by atoms with Crippen molar-refractivity contribution in [3.8, 4) is 11.5 Å². The summed E-state index contributed by atoms with van der Waals surface area (Å²) in [6.07, 6.45) is -0.181. The van der Waals surface area contributed by atoms with Crippen LogP contribution in [0.1, 0.15) is 36.1 Å². The summed E-state index contributed by atoms with van der Waals surface area (Å²) in [5.74, 6) is 1.45. The van der Waals surface area contributed by atoms with Crippen LogP contribution in [-0.4, -0.2) is 42.1 Å². The summed E-state index contributed by atoms with van der Waals surface area (Å²) in [5, 5.41) is 0. The molecule has 0 N–H and O–H groups in total. The molecular weight excluding hydrogens is 324 g/mol. The summed E-state index contributed by atoms with van der Waals surface area (Å²) < 4.78 is 11.6. The van der Waals surface area contributed by atoms with E-state index >= 15 is 0 Å². The highest BCUT2D eigenvalue weighted by Gasteiger charge is 2.29. The second kappa shape index (κ2) is 6.43. The molecule has 0 radical (unpaired) electrons. The molecule has 1 atom stereocenters. The lowest BCUT2D eigenvalue weighted by Crippen LogP contribution is -2.42. The van der Waals surface area contributed by atoms with Crippen LogP contribution in [-0.2, 0) is 5.41 Å². The summed E-state index contributed by atoms with van der Waals surface area (Å²) >= 11 is 1.39. The molecule has 0 saturated heterocycles. The Labute approximate surface area is 146 Å². The van der Waals surface area contributed by atoms with Gasteiger partial charge in [-0.2, -0.15) is 0 Å². The molecular formula is C18H22N2O3S. The van der Waals surface area contributed by atoms with Crippen molar-refractivity contribution in [2.75, 3.05) is 20.2 Å². The number of aromatic nitrogens is 1. The number of hydrogen-bond donors (Lipinski definition) is 0. The van der Waals surface area contributed by atoms with Crippen molar-refractivity contribution in [2.24, 2.45) is 0 Å². The number of thiazole rings is 1. The Kier molecular flexibility index (Phi) is 4.49. The quantitative estimate of drug-likeness (QED) is 0.855. The molecule has 1 aliphatic heterocycles. The van der Waals surface area contributed by atoms with Gasteiger partial charge in [0.25, 0.3) is 5.91 Å². The number of para-hydroxylation sites is 2. The Bertz CT molecular complexity index is 736. The van der Waals surface area contributed by atoms with Crippen molar-refractivity contribution < 1.29 is 14.3 Å². The van der Waals surface area contributed by atoms with Crippen molar-refractivity contribution in [1.82, 2.24) is 9.88 Å². The van der Waals surface area contributed by atoms with Crippen LogP contribution in [0.5, 0.6) is 11.5 Å². The predicted molar refractivity (Wildman–Crippen MR) is 94.1 cm³/mol. The molecule has 2 aromatic rings. The Hall–Kier alpha value is -2.08. The standard InChI is InChI=1S/C18H22N2O3S/c1-18(2,3)16-15(24-11-19-16)17(21)20(4)9-12-10-22-13-7-5-6-8-14(13)23-12/h5-8,11-12H,9-10H2,1-4H3. The van der Waals surface area contributed by atoms with Gasteiger partial charge in [0, 0.05) is 12.5 Å². The van der Waals surface area contributed by atoms with Crippen LogP contribution in [0.3, 0.4) is 0 Å². The fourth-order valence-electron chi connectivity index (χ4n) is 2.65. The number of carbonyl (C=O) groups excluding carboxylic acids is 1. The maximum absolute atomic E-state index is 12.8. The molecule has 0 saturated carbocycles. The first-order chi connectivity index (χ1) is 11.4. The van der Waals surface area contributed by atoms with E-state index < -0.39 is 0 Å². The summed E-state index contributed by atoms with van der Waals surface area (Å²) in [7, 11) is 1.79. The molecule has 24 heavy (non-hydrogen) atoms. The summed E-state index contributed by atoms with van der Waals surface area (Å²) in [5.41, 5.74) is 2.42. The van der Waals surface area contributed by atoms with Gasteiger partial charge in [-0.1, -0.05) is 32.9 Å². The molecule has 1 unspecified atom stereocenters. The van der Waals surface area contributed by atoms with E-state index in [-0.39, 0.29) is 17.4 Å². The first-order valence-corrected chi connectivity index (χ1v) is 8.82. The van der Waals surface area contributed by atoms with E-state index in [0.717, 1.165) is 17.2 Å². The number of hydrogen-bond acceptors (Lipinski definition) is 5. The lowest BCUT2D eigenvalue weighted by atomic mass is 9.91. The van der Waals surface area contributed by atoms with Gasteiger partial charge in [0.15, 0.2) is 17.6 Å². The number of amides is 1. The van der Waals surface area contributed by atoms with E-state index in [1.165, 1.54) is 11.3 Å². The second-order valence-corrected chi connectivity index (χ2v) is 7.82. The van der Waals surface area contributed by atoms with E-state index in [9.17, 15) is 4.79 Å². The van der Waals surface area contributed by atoms with Crippen molar-refractivity contribution in [3.63, 3.8) is 0 Å². The maximum atomic E-state index is 12.8. The lowest BCUT2D eigenvalue weighted by Gasteiger charge is -2.29. The lowest BCUT2D eigenvalue weighted by molar-refractivity contribution is 0.0522.